The van der Waals surface area contributed by atoms with E-state index in [2.05, 4.69) is 0 Å². The molecule has 0 unspecified atom stereocenters. The van der Waals surface area contributed by atoms with Crippen LogP contribution in [0.25, 0.3) is 0 Å². The predicted octanol–water partition coefficient (Wildman–Crippen LogP) is 2.05. The number of aliphatic hydroxyl groups is 3. The van der Waals surface area contributed by atoms with Gasteiger partial charge in [0, 0.05) is 29.7 Å². The lowest BCUT2D eigenvalue weighted by Gasteiger charge is -2.20. The molecule has 1 aromatic rings. The number of rotatable bonds is 7. The molecule has 1 aromatic carbocycles. The molecule has 5 heteroatoms. The summed E-state index contributed by atoms with van der Waals surface area (Å²) in [6.07, 6.45) is 1.63. The molecule has 1 saturated carbocycles. The molecule has 1 fully saturated rings. The Hall–Kier alpha value is -1.20. The zero-order chi connectivity index (χ0) is 16.8. The Morgan fingerprint density at radius 1 is 1.26 bits per heavy atom. The third-order valence-electron chi connectivity index (χ3n) is 4.50. The van der Waals surface area contributed by atoms with Crippen LogP contribution in [0.2, 0.25) is 0 Å². The Labute approximate surface area is 141 Å². The molecule has 0 aliphatic heterocycles. The summed E-state index contributed by atoms with van der Waals surface area (Å²) >= 11 is 6.19. The van der Waals surface area contributed by atoms with Gasteiger partial charge in [-0.05, 0) is 18.4 Å². The molecular weight excluding hydrogens is 316 g/mol. The van der Waals surface area contributed by atoms with Gasteiger partial charge in [0.25, 0.3) is 0 Å². The lowest BCUT2D eigenvalue weighted by atomic mass is 9.90. The fraction of sp³-hybridized carbons (Fsp3) is 0.500. The predicted molar refractivity (Wildman–Crippen MR) is 89.0 cm³/mol. The van der Waals surface area contributed by atoms with Crippen LogP contribution in [0.4, 0.5) is 0 Å². The summed E-state index contributed by atoms with van der Waals surface area (Å²) in [7, 11) is 0. The van der Waals surface area contributed by atoms with Gasteiger partial charge in [0.1, 0.15) is 6.29 Å². The second-order valence-electron chi connectivity index (χ2n) is 6.11. The molecule has 0 saturated heterocycles. The molecule has 2 rings (SSSR count). The number of hydrogen-bond acceptors (Lipinski definition) is 4. The van der Waals surface area contributed by atoms with Gasteiger partial charge in [-0.15, -0.1) is 0 Å². The van der Waals surface area contributed by atoms with Gasteiger partial charge in [-0.1, -0.05) is 48.0 Å². The van der Waals surface area contributed by atoms with Crippen molar-refractivity contribution in [1.29, 1.82) is 0 Å². The molecule has 0 heterocycles. The number of halogens is 1. The standard InChI is InChI=1S/C18H23ClO4/c19-15(16(21)7-6-12-4-2-1-3-5-12)10-14-13(8-9-20)17(22)11-18(14)23/h1-5,9-10,13-14,16-18,21-23H,6-8,11H2/t13-,14-,16+,17+,18-/m0/s1. The maximum atomic E-state index is 10.7. The SMILES string of the molecule is O=CC[C@H]1[C@H](C=C(Cl)[C@H](O)CCc2ccccc2)[C@@H](O)C[C@H]1O. The van der Waals surface area contributed by atoms with Crippen molar-refractivity contribution >= 4 is 17.9 Å². The van der Waals surface area contributed by atoms with E-state index < -0.39 is 24.2 Å². The van der Waals surface area contributed by atoms with Crippen molar-refractivity contribution in [3.63, 3.8) is 0 Å². The van der Waals surface area contributed by atoms with Gasteiger partial charge in [-0.25, -0.2) is 0 Å². The van der Waals surface area contributed by atoms with E-state index in [9.17, 15) is 20.1 Å². The maximum absolute atomic E-state index is 10.7. The van der Waals surface area contributed by atoms with Gasteiger partial charge in [-0.2, -0.15) is 0 Å². The highest BCUT2D eigenvalue weighted by Crippen LogP contribution is 2.37. The molecule has 126 valence electrons. The molecule has 0 aromatic heterocycles. The first-order chi connectivity index (χ1) is 11.0. The summed E-state index contributed by atoms with van der Waals surface area (Å²) in [5.41, 5.74) is 1.12. The number of aldehydes is 1. The molecule has 23 heavy (non-hydrogen) atoms. The average molecular weight is 339 g/mol. The zero-order valence-corrected chi connectivity index (χ0v) is 13.6. The monoisotopic (exact) mass is 338 g/mol. The zero-order valence-electron chi connectivity index (χ0n) is 12.9. The number of aryl methyl sites for hydroxylation is 1. The minimum Gasteiger partial charge on any atom is -0.393 e. The first kappa shape index (κ1) is 18.1. The third kappa shape index (κ3) is 4.88. The second-order valence-corrected chi connectivity index (χ2v) is 6.54. The maximum Gasteiger partial charge on any atom is 0.120 e. The Morgan fingerprint density at radius 2 is 1.96 bits per heavy atom. The van der Waals surface area contributed by atoms with E-state index in [1.165, 1.54) is 0 Å². The van der Waals surface area contributed by atoms with Crippen molar-refractivity contribution in [1.82, 2.24) is 0 Å². The summed E-state index contributed by atoms with van der Waals surface area (Å²) in [5, 5.41) is 30.4. The molecule has 1 aliphatic rings. The largest absolute Gasteiger partial charge is 0.393 e. The summed E-state index contributed by atoms with van der Waals surface area (Å²) in [5.74, 6) is -0.758. The molecule has 0 bridgehead atoms. The topological polar surface area (TPSA) is 77.8 Å². The number of hydrogen-bond donors (Lipinski definition) is 3. The number of aliphatic hydroxyl groups excluding tert-OH is 3. The fourth-order valence-corrected chi connectivity index (χ4v) is 3.42. The molecule has 0 radical (unpaired) electrons. The van der Waals surface area contributed by atoms with Crippen LogP contribution in [-0.4, -0.2) is 39.9 Å². The van der Waals surface area contributed by atoms with Crippen molar-refractivity contribution in [2.45, 2.75) is 44.0 Å². The number of carbonyl (C=O) groups excluding carboxylic acids is 1. The van der Waals surface area contributed by atoms with Crippen LogP contribution in [0.15, 0.2) is 41.4 Å². The molecule has 1 aliphatic carbocycles. The van der Waals surface area contributed by atoms with Crippen LogP contribution < -0.4 is 0 Å². The van der Waals surface area contributed by atoms with Crippen molar-refractivity contribution in [2.24, 2.45) is 11.8 Å². The van der Waals surface area contributed by atoms with Crippen molar-refractivity contribution in [3.05, 3.63) is 47.0 Å². The van der Waals surface area contributed by atoms with Crippen molar-refractivity contribution in [3.8, 4) is 0 Å². The molecule has 0 spiro atoms. The Kier molecular flexibility index (Phi) is 6.78. The Bertz CT molecular complexity index is 531. The van der Waals surface area contributed by atoms with E-state index in [1.54, 1.807) is 6.08 Å². The van der Waals surface area contributed by atoms with E-state index in [-0.39, 0.29) is 23.8 Å². The van der Waals surface area contributed by atoms with Crippen LogP contribution in [0, 0.1) is 11.8 Å². The van der Waals surface area contributed by atoms with Crippen LogP contribution >= 0.6 is 11.6 Å². The summed E-state index contributed by atoms with van der Waals surface area (Å²) in [6, 6.07) is 9.80. The number of benzene rings is 1. The van der Waals surface area contributed by atoms with E-state index in [4.69, 9.17) is 11.6 Å². The minimum atomic E-state index is -0.821. The van der Waals surface area contributed by atoms with Gasteiger partial charge in [0.2, 0.25) is 0 Å². The van der Waals surface area contributed by atoms with Crippen LogP contribution in [-0.2, 0) is 11.2 Å². The van der Waals surface area contributed by atoms with E-state index in [0.29, 0.717) is 12.8 Å². The normalized spacial score (nSPS) is 29.5. The van der Waals surface area contributed by atoms with Gasteiger partial charge in [0.15, 0.2) is 0 Å². The van der Waals surface area contributed by atoms with Crippen LogP contribution in [0.3, 0.4) is 0 Å². The average Bonchev–Trinajstić information content (AvgIpc) is 2.81. The summed E-state index contributed by atoms with van der Waals surface area (Å²) in [4.78, 5) is 10.7. The highest BCUT2D eigenvalue weighted by molar-refractivity contribution is 6.30. The second kappa shape index (κ2) is 8.60. The third-order valence-corrected chi connectivity index (χ3v) is 4.88. The molecule has 3 N–H and O–H groups in total. The van der Waals surface area contributed by atoms with E-state index >= 15 is 0 Å². The van der Waals surface area contributed by atoms with Crippen molar-refractivity contribution in [2.75, 3.05) is 0 Å². The first-order valence-electron chi connectivity index (χ1n) is 7.92. The van der Waals surface area contributed by atoms with Crippen LogP contribution in [0.5, 0.6) is 0 Å². The summed E-state index contributed by atoms with van der Waals surface area (Å²) in [6.45, 7) is 0. The van der Waals surface area contributed by atoms with Crippen LogP contribution in [0.1, 0.15) is 24.8 Å². The summed E-state index contributed by atoms with van der Waals surface area (Å²) < 4.78 is 0. The van der Waals surface area contributed by atoms with Gasteiger partial charge in [0.05, 0.1) is 18.3 Å². The lowest BCUT2D eigenvalue weighted by molar-refractivity contribution is -0.109. The molecular formula is C18H23ClO4. The molecule has 4 nitrogen and oxygen atoms in total. The first-order valence-corrected chi connectivity index (χ1v) is 8.29. The smallest absolute Gasteiger partial charge is 0.120 e. The van der Waals surface area contributed by atoms with Gasteiger partial charge >= 0.3 is 0 Å². The quantitative estimate of drug-likeness (QED) is 0.665. The van der Waals surface area contributed by atoms with Gasteiger partial charge in [-0.3, -0.25) is 0 Å². The Balaban J connectivity index is 1.98. The Morgan fingerprint density at radius 3 is 2.61 bits per heavy atom. The fourth-order valence-electron chi connectivity index (χ4n) is 3.16. The van der Waals surface area contributed by atoms with Gasteiger partial charge < -0.3 is 20.1 Å². The van der Waals surface area contributed by atoms with E-state index in [0.717, 1.165) is 11.8 Å². The highest BCUT2D eigenvalue weighted by Gasteiger charge is 2.40. The van der Waals surface area contributed by atoms with Crippen molar-refractivity contribution < 1.29 is 20.1 Å². The minimum absolute atomic E-state index is 0.170. The number of carbonyl (C=O) groups is 1. The molecule has 0 amide bonds. The van der Waals surface area contributed by atoms with E-state index in [1.807, 2.05) is 30.3 Å². The molecule has 5 atom stereocenters. The lowest BCUT2D eigenvalue weighted by Crippen LogP contribution is -2.22. The highest BCUT2D eigenvalue weighted by atomic mass is 35.5.